The fraction of sp³-hybridized carbons (Fsp3) is 0.708. The van der Waals surface area contributed by atoms with Crippen LogP contribution in [0.2, 0.25) is 0 Å². The molecule has 0 bridgehead atoms. The summed E-state index contributed by atoms with van der Waals surface area (Å²) < 4.78 is 5.98. The van der Waals surface area contributed by atoms with Crippen molar-refractivity contribution >= 4 is 5.97 Å². The minimum Gasteiger partial charge on any atom is -0.461 e. The smallest absolute Gasteiger partial charge is 0.328 e. The highest BCUT2D eigenvalue weighted by Crippen LogP contribution is 2.19. The number of carbonyl (C=O) groups is 1. The molecule has 2 unspecified atom stereocenters. The maximum atomic E-state index is 13.0. The maximum absolute atomic E-state index is 13.0. The highest BCUT2D eigenvalue weighted by Gasteiger charge is 2.24. The number of likely N-dealkylation sites (N-methyl/N-ethyl adjacent to an activating group) is 1. The lowest BCUT2D eigenvalue weighted by Gasteiger charge is -2.24. The van der Waals surface area contributed by atoms with Crippen molar-refractivity contribution in [3.05, 3.63) is 35.9 Å². The summed E-state index contributed by atoms with van der Waals surface area (Å²) in [5, 5.41) is 3.44. The van der Waals surface area contributed by atoms with E-state index >= 15 is 0 Å². The van der Waals surface area contributed by atoms with Gasteiger partial charge in [0.2, 0.25) is 0 Å². The molecule has 0 aliphatic heterocycles. The van der Waals surface area contributed by atoms with Gasteiger partial charge in [-0.25, -0.2) is 4.79 Å². The summed E-state index contributed by atoms with van der Waals surface area (Å²) in [4.78, 5) is 15.4. The molecule has 1 rings (SSSR count). The van der Waals surface area contributed by atoms with Gasteiger partial charge in [-0.1, -0.05) is 83.7 Å². The van der Waals surface area contributed by atoms with Crippen molar-refractivity contribution < 1.29 is 9.53 Å². The lowest BCUT2D eigenvalue weighted by atomic mass is 10.0. The molecule has 0 spiro atoms. The van der Waals surface area contributed by atoms with Crippen LogP contribution < -0.4 is 5.32 Å². The molecule has 0 saturated carbocycles. The van der Waals surface area contributed by atoms with Gasteiger partial charge < -0.3 is 9.64 Å². The van der Waals surface area contributed by atoms with Crippen LogP contribution in [0, 0.1) is 0 Å². The molecule has 2 atom stereocenters. The van der Waals surface area contributed by atoms with E-state index in [0.717, 1.165) is 57.4 Å². The normalized spacial score (nSPS) is 13.5. The summed E-state index contributed by atoms with van der Waals surface area (Å²) in [6.45, 7) is 12.5. The van der Waals surface area contributed by atoms with Crippen molar-refractivity contribution in [1.82, 2.24) is 10.2 Å². The van der Waals surface area contributed by atoms with Crippen LogP contribution in [0.4, 0.5) is 0 Å². The topological polar surface area (TPSA) is 41.6 Å². The van der Waals surface area contributed by atoms with Gasteiger partial charge in [-0.3, -0.25) is 5.32 Å². The number of hydrogen-bond acceptors (Lipinski definition) is 4. The predicted molar refractivity (Wildman–Crippen MR) is 119 cm³/mol. The van der Waals surface area contributed by atoms with Crippen molar-refractivity contribution in [3.8, 4) is 0 Å². The molecule has 4 nitrogen and oxygen atoms in total. The molecule has 1 N–H and O–H groups in total. The highest BCUT2D eigenvalue weighted by atomic mass is 16.5. The number of rotatable bonds is 16. The first-order valence-electron chi connectivity index (χ1n) is 11.4. The zero-order valence-electron chi connectivity index (χ0n) is 18.6. The van der Waals surface area contributed by atoms with Crippen molar-refractivity contribution in [1.29, 1.82) is 0 Å². The van der Waals surface area contributed by atoms with Crippen LogP contribution >= 0.6 is 0 Å². The average Bonchev–Trinajstić information content (AvgIpc) is 2.72. The predicted octanol–water partition coefficient (Wildman–Crippen LogP) is 5.34. The Labute approximate surface area is 173 Å². The summed E-state index contributed by atoms with van der Waals surface area (Å²) in [5.74, 6) is -0.139. The summed E-state index contributed by atoms with van der Waals surface area (Å²) in [6, 6.07) is 9.56. The van der Waals surface area contributed by atoms with Crippen molar-refractivity contribution in [2.24, 2.45) is 0 Å². The van der Waals surface area contributed by atoms with Gasteiger partial charge in [0.1, 0.15) is 12.1 Å². The van der Waals surface area contributed by atoms with Gasteiger partial charge in [0.05, 0.1) is 0 Å². The molecular formula is C24H42N2O2. The highest BCUT2D eigenvalue weighted by molar-refractivity contribution is 5.77. The quantitative estimate of drug-likeness (QED) is 0.305. The van der Waals surface area contributed by atoms with Gasteiger partial charge >= 0.3 is 5.97 Å². The Balaban J connectivity index is 2.70. The molecule has 0 radical (unpaired) electrons. The Morgan fingerprint density at radius 2 is 1.68 bits per heavy atom. The van der Waals surface area contributed by atoms with Crippen LogP contribution in [0.1, 0.15) is 84.2 Å². The SMILES string of the molecule is CCCCCCC(CCC)OC(=O)C(NCCN(CC)CC)c1ccccc1. The fourth-order valence-electron chi connectivity index (χ4n) is 3.50. The third-order valence-corrected chi connectivity index (χ3v) is 5.31. The van der Waals surface area contributed by atoms with Gasteiger partial charge in [0.15, 0.2) is 0 Å². The average molecular weight is 391 g/mol. The second-order valence-corrected chi connectivity index (χ2v) is 7.52. The van der Waals surface area contributed by atoms with Gasteiger partial charge in [-0.05, 0) is 37.9 Å². The monoisotopic (exact) mass is 390 g/mol. The number of nitrogens with zero attached hydrogens (tertiary/aromatic N) is 1. The number of nitrogens with one attached hydrogen (secondary N) is 1. The van der Waals surface area contributed by atoms with Crippen LogP contribution in [0.15, 0.2) is 30.3 Å². The zero-order valence-corrected chi connectivity index (χ0v) is 18.6. The molecule has 0 aromatic heterocycles. The van der Waals surface area contributed by atoms with E-state index in [1.54, 1.807) is 0 Å². The van der Waals surface area contributed by atoms with E-state index in [0.29, 0.717) is 0 Å². The van der Waals surface area contributed by atoms with E-state index in [1.807, 2.05) is 30.3 Å². The van der Waals surface area contributed by atoms with Gasteiger partial charge in [-0.2, -0.15) is 0 Å². The molecule has 0 amide bonds. The Bertz CT molecular complexity index is 503. The van der Waals surface area contributed by atoms with Crippen molar-refractivity contribution in [2.75, 3.05) is 26.2 Å². The number of benzene rings is 1. The second kappa shape index (κ2) is 15.5. The third kappa shape index (κ3) is 9.70. The third-order valence-electron chi connectivity index (χ3n) is 5.31. The van der Waals surface area contributed by atoms with E-state index in [9.17, 15) is 4.79 Å². The molecular weight excluding hydrogens is 348 g/mol. The minimum absolute atomic E-state index is 0.0325. The lowest BCUT2D eigenvalue weighted by molar-refractivity contribution is -0.152. The molecule has 160 valence electrons. The number of ether oxygens (including phenoxy) is 1. The van der Waals surface area contributed by atoms with Crippen molar-refractivity contribution in [2.45, 2.75) is 84.8 Å². The molecule has 0 saturated heterocycles. The molecule has 1 aromatic rings. The number of unbranched alkanes of at least 4 members (excludes halogenated alkanes) is 3. The van der Waals surface area contributed by atoms with Crippen molar-refractivity contribution in [3.63, 3.8) is 0 Å². The Morgan fingerprint density at radius 3 is 2.29 bits per heavy atom. The molecule has 0 fully saturated rings. The van der Waals surface area contributed by atoms with E-state index in [1.165, 1.54) is 19.3 Å². The summed E-state index contributed by atoms with van der Waals surface area (Å²) >= 11 is 0. The largest absolute Gasteiger partial charge is 0.461 e. The Morgan fingerprint density at radius 1 is 0.964 bits per heavy atom. The first kappa shape index (κ1) is 24.6. The first-order valence-corrected chi connectivity index (χ1v) is 11.4. The number of esters is 1. The van der Waals surface area contributed by atoms with Crippen LogP contribution in [0.5, 0.6) is 0 Å². The maximum Gasteiger partial charge on any atom is 0.328 e. The zero-order chi connectivity index (χ0) is 20.6. The van der Waals surface area contributed by atoms with Crippen LogP contribution in [-0.4, -0.2) is 43.2 Å². The molecule has 0 heterocycles. The molecule has 0 aliphatic rings. The van der Waals surface area contributed by atoms with E-state index in [-0.39, 0.29) is 12.1 Å². The van der Waals surface area contributed by atoms with Gasteiger partial charge in [0.25, 0.3) is 0 Å². The van der Waals surface area contributed by atoms with Crippen LogP contribution in [0.25, 0.3) is 0 Å². The number of carbonyl (C=O) groups excluding carboxylic acids is 1. The van der Waals surface area contributed by atoms with Gasteiger partial charge in [-0.15, -0.1) is 0 Å². The van der Waals surface area contributed by atoms with E-state index < -0.39 is 6.04 Å². The van der Waals surface area contributed by atoms with Gasteiger partial charge in [0, 0.05) is 13.1 Å². The van der Waals surface area contributed by atoms with E-state index in [4.69, 9.17) is 4.74 Å². The standard InChI is InChI=1S/C24H42N2O2/c1-5-9-10-14-18-22(15-6-2)28-24(27)23(21-16-12-11-13-17-21)25-19-20-26(7-3)8-4/h11-13,16-17,22-23,25H,5-10,14-15,18-20H2,1-4H3. The molecule has 1 aromatic carbocycles. The summed E-state index contributed by atoms with van der Waals surface area (Å²) in [5.41, 5.74) is 0.980. The summed E-state index contributed by atoms with van der Waals surface area (Å²) in [6.07, 6.45) is 7.83. The minimum atomic E-state index is -0.397. The Kier molecular flexibility index (Phi) is 13.7. The summed E-state index contributed by atoms with van der Waals surface area (Å²) in [7, 11) is 0. The molecule has 28 heavy (non-hydrogen) atoms. The second-order valence-electron chi connectivity index (χ2n) is 7.52. The molecule has 0 aliphatic carbocycles. The lowest BCUT2D eigenvalue weighted by Crippen LogP contribution is -2.38. The first-order chi connectivity index (χ1) is 13.7. The van der Waals surface area contributed by atoms with Crippen LogP contribution in [0.3, 0.4) is 0 Å². The molecule has 4 heteroatoms. The number of hydrogen-bond donors (Lipinski definition) is 1. The Hall–Kier alpha value is -1.39. The van der Waals surface area contributed by atoms with Crippen LogP contribution in [-0.2, 0) is 9.53 Å². The fourth-order valence-corrected chi connectivity index (χ4v) is 3.50. The van der Waals surface area contributed by atoms with E-state index in [2.05, 4.69) is 37.9 Å².